The highest BCUT2D eigenvalue weighted by atomic mass is 15.1. The average molecular weight is 730 g/mol. The minimum absolute atomic E-state index is 0.637. The third-order valence-electron chi connectivity index (χ3n) is 11.2. The van der Waals surface area contributed by atoms with Gasteiger partial charge < -0.3 is 4.90 Å². The molecule has 0 aliphatic heterocycles. The zero-order valence-corrected chi connectivity index (χ0v) is 31.9. The first-order chi connectivity index (χ1) is 28.2. The molecule has 0 radical (unpaired) electrons. The molecule has 8 aromatic carbocycles. The summed E-state index contributed by atoms with van der Waals surface area (Å²) in [5, 5.41) is 0. The van der Waals surface area contributed by atoms with Gasteiger partial charge in [-0.2, -0.15) is 0 Å². The van der Waals surface area contributed by atoms with Crippen LogP contribution in [0.2, 0.25) is 0 Å². The lowest BCUT2D eigenvalue weighted by Gasteiger charge is -2.39. The van der Waals surface area contributed by atoms with Gasteiger partial charge in [-0.15, -0.1) is 0 Å². The molecular formula is C56H43N. The van der Waals surface area contributed by atoms with Crippen LogP contribution in [0.3, 0.4) is 0 Å². The van der Waals surface area contributed by atoms with E-state index >= 15 is 0 Å². The van der Waals surface area contributed by atoms with Gasteiger partial charge in [0.05, 0.1) is 5.41 Å². The van der Waals surface area contributed by atoms with Crippen molar-refractivity contribution in [2.45, 2.75) is 11.8 Å². The van der Waals surface area contributed by atoms with Crippen molar-refractivity contribution in [1.29, 1.82) is 0 Å². The van der Waals surface area contributed by atoms with Crippen molar-refractivity contribution in [3.63, 3.8) is 0 Å². The topological polar surface area (TPSA) is 3.24 Å². The molecule has 1 aliphatic rings. The Morgan fingerprint density at radius 3 is 1.42 bits per heavy atom. The van der Waals surface area contributed by atoms with Crippen LogP contribution in [0.15, 0.2) is 249 Å². The average Bonchev–Trinajstić information content (AvgIpc) is 3.35. The highest BCUT2D eigenvalue weighted by Gasteiger charge is 2.40. The summed E-state index contributed by atoms with van der Waals surface area (Å²) in [5.41, 5.74) is 15.6. The third-order valence-corrected chi connectivity index (χ3v) is 11.2. The molecule has 57 heavy (non-hydrogen) atoms. The number of anilines is 3. The molecule has 0 unspecified atom stereocenters. The third kappa shape index (κ3) is 6.97. The minimum Gasteiger partial charge on any atom is -0.310 e. The van der Waals surface area contributed by atoms with Gasteiger partial charge in [-0.1, -0.05) is 207 Å². The Labute approximate surface area is 336 Å². The first-order valence-corrected chi connectivity index (χ1v) is 19.7. The molecule has 0 heterocycles. The van der Waals surface area contributed by atoms with Gasteiger partial charge in [0.2, 0.25) is 0 Å². The van der Waals surface area contributed by atoms with Gasteiger partial charge in [-0.25, -0.2) is 0 Å². The van der Waals surface area contributed by atoms with Crippen molar-refractivity contribution in [2.24, 2.45) is 0 Å². The minimum atomic E-state index is -0.637. The second-order valence-corrected chi connectivity index (χ2v) is 14.6. The highest BCUT2D eigenvalue weighted by Crippen LogP contribution is 2.49. The van der Waals surface area contributed by atoms with E-state index < -0.39 is 5.41 Å². The van der Waals surface area contributed by atoms with E-state index in [1.54, 1.807) is 0 Å². The van der Waals surface area contributed by atoms with E-state index in [9.17, 15) is 0 Å². The number of nitrogens with zero attached hydrogens (tertiary/aromatic N) is 1. The number of allylic oxidation sites excluding steroid dienone is 5. The molecule has 0 saturated carbocycles. The van der Waals surface area contributed by atoms with Crippen LogP contribution in [0.4, 0.5) is 17.1 Å². The second kappa shape index (κ2) is 15.9. The second-order valence-electron chi connectivity index (χ2n) is 14.6. The molecule has 0 N–H and O–H groups in total. The molecule has 1 aliphatic carbocycles. The maximum atomic E-state index is 4.83. The van der Waals surface area contributed by atoms with Gasteiger partial charge in [0, 0.05) is 17.1 Å². The predicted molar refractivity (Wildman–Crippen MR) is 241 cm³/mol. The molecule has 0 saturated heterocycles. The quantitative estimate of drug-likeness (QED) is 0.151. The van der Waals surface area contributed by atoms with Crippen LogP contribution >= 0.6 is 0 Å². The van der Waals surface area contributed by atoms with Gasteiger partial charge in [0.25, 0.3) is 0 Å². The normalized spacial score (nSPS) is 14.4. The van der Waals surface area contributed by atoms with E-state index in [4.69, 9.17) is 6.58 Å². The van der Waals surface area contributed by atoms with Gasteiger partial charge in [-0.05, 0) is 104 Å². The van der Waals surface area contributed by atoms with Crippen molar-refractivity contribution in [3.05, 3.63) is 271 Å². The molecule has 0 fully saturated rings. The summed E-state index contributed by atoms with van der Waals surface area (Å²) in [6, 6.07) is 76.7. The van der Waals surface area contributed by atoms with Gasteiger partial charge in [-0.3, -0.25) is 0 Å². The summed E-state index contributed by atoms with van der Waals surface area (Å²) in [6.45, 7) is 4.83. The first-order valence-electron chi connectivity index (χ1n) is 19.7. The van der Waals surface area contributed by atoms with Crippen LogP contribution in [0.5, 0.6) is 0 Å². The molecule has 8 aromatic rings. The van der Waals surface area contributed by atoms with Crippen molar-refractivity contribution in [2.75, 3.05) is 4.90 Å². The highest BCUT2D eigenvalue weighted by molar-refractivity contribution is 5.83. The Bertz CT molecular complexity index is 2630. The molecule has 9 rings (SSSR count). The number of hydrogen-bond acceptors (Lipinski definition) is 1. The lowest BCUT2D eigenvalue weighted by Crippen LogP contribution is -2.32. The van der Waals surface area contributed by atoms with Crippen LogP contribution in [-0.2, 0) is 11.8 Å². The largest absolute Gasteiger partial charge is 0.310 e. The van der Waals surface area contributed by atoms with Crippen LogP contribution in [0, 0.1) is 0 Å². The lowest BCUT2D eigenvalue weighted by atomic mass is 9.63. The van der Waals surface area contributed by atoms with E-state index in [0.717, 1.165) is 34.6 Å². The molecule has 1 heteroatoms. The number of hydrogen-bond donors (Lipinski definition) is 0. The van der Waals surface area contributed by atoms with E-state index in [1.807, 2.05) is 0 Å². The summed E-state index contributed by atoms with van der Waals surface area (Å²) < 4.78 is 0. The van der Waals surface area contributed by atoms with Gasteiger partial charge >= 0.3 is 0 Å². The Balaban J connectivity index is 1.24. The fourth-order valence-electron chi connectivity index (χ4n) is 8.39. The number of fused-ring (bicyclic) bond motifs is 1. The Hall–Kier alpha value is -7.22. The fourth-order valence-corrected chi connectivity index (χ4v) is 8.39. The predicted octanol–water partition coefficient (Wildman–Crippen LogP) is 14.7. The molecule has 0 spiro atoms. The lowest BCUT2D eigenvalue weighted by molar-refractivity contribution is 0.737. The van der Waals surface area contributed by atoms with Crippen molar-refractivity contribution in [3.8, 4) is 33.4 Å². The summed E-state index contributed by atoms with van der Waals surface area (Å²) >= 11 is 0. The van der Waals surface area contributed by atoms with E-state index in [2.05, 4.69) is 242 Å². The van der Waals surface area contributed by atoms with Gasteiger partial charge in [0.1, 0.15) is 0 Å². The van der Waals surface area contributed by atoms with Crippen LogP contribution < -0.4 is 4.90 Å². The molecule has 272 valence electrons. The Kier molecular flexibility index (Phi) is 9.88. The molecular weight excluding hydrogens is 687 g/mol. The van der Waals surface area contributed by atoms with Crippen LogP contribution in [-0.4, -0.2) is 0 Å². The zero-order chi connectivity index (χ0) is 38.4. The number of benzene rings is 8. The Morgan fingerprint density at radius 1 is 0.386 bits per heavy atom. The van der Waals surface area contributed by atoms with Crippen LogP contribution in [0.25, 0.3) is 33.4 Å². The number of rotatable bonds is 8. The van der Waals surface area contributed by atoms with Crippen molar-refractivity contribution < 1.29 is 0 Å². The van der Waals surface area contributed by atoms with Crippen molar-refractivity contribution >= 4 is 17.1 Å². The Morgan fingerprint density at radius 2 is 0.842 bits per heavy atom. The first kappa shape index (κ1) is 35.5. The molecule has 0 bridgehead atoms. The SMILES string of the molecule is C=C1/C=C\C=C/Cc2ccc(N(c3ccc(-c4ccccc4)cc3)c3cccc(-c4ccc(-c5ccccc5)cc4)c3)cc2C1(c1ccccc1)c1ccccc1. The zero-order valence-electron chi connectivity index (χ0n) is 31.9. The fraction of sp³-hybridized carbons (Fsp3) is 0.0357. The van der Waals surface area contributed by atoms with Gasteiger partial charge in [0.15, 0.2) is 0 Å². The smallest absolute Gasteiger partial charge is 0.0699 e. The van der Waals surface area contributed by atoms with Crippen LogP contribution in [0.1, 0.15) is 22.3 Å². The molecule has 0 atom stereocenters. The standard InChI is InChI=1S/C56H43N/c1-42-18-7-2-12-23-48-36-39-54(41-55(48)56(42,50-25-13-5-14-26-50)51-27-15-6-16-28-51)57(52-37-34-46(35-38-52)44-21-10-4-11-22-44)53-29-17-24-49(40-53)47-32-30-45(31-33-47)43-19-8-3-9-20-43/h2-22,24-41H,1,23H2/b12-2-,18-7-. The van der Waals surface area contributed by atoms with E-state index in [1.165, 1.54) is 50.1 Å². The molecule has 0 aromatic heterocycles. The maximum absolute atomic E-state index is 4.83. The maximum Gasteiger partial charge on any atom is 0.0699 e. The molecule has 0 amide bonds. The summed E-state index contributed by atoms with van der Waals surface area (Å²) in [6.07, 6.45) is 9.52. The summed E-state index contributed by atoms with van der Waals surface area (Å²) in [7, 11) is 0. The summed E-state index contributed by atoms with van der Waals surface area (Å²) in [5.74, 6) is 0. The summed E-state index contributed by atoms with van der Waals surface area (Å²) in [4.78, 5) is 2.40. The molecule has 1 nitrogen and oxygen atoms in total. The van der Waals surface area contributed by atoms with E-state index in [-0.39, 0.29) is 0 Å². The van der Waals surface area contributed by atoms with Crippen molar-refractivity contribution in [1.82, 2.24) is 0 Å². The monoisotopic (exact) mass is 729 g/mol. The van der Waals surface area contributed by atoms with E-state index in [0.29, 0.717) is 0 Å².